The normalized spacial score (nSPS) is 22.0. The van der Waals surface area contributed by atoms with Crippen molar-refractivity contribution >= 4 is 24.2 Å². The number of carboxylic acids is 1. The summed E-state index contributed by atoms with van der Waals surface area (Å²) in [6.45, 7) is 4.45. The van der Waals surface area contributed by atoms with Gasteiger partial charge in [-0.25, -0.2) is 4.98 Å². The van der Waals surface area contributed by atoms with Gasteiger partial charge in [0.1, 0.15) is 17.0 Å². The Bertz CT molecular complexity index is 1070. The van der Waals surface area contributed by atoms with Crippen LogP contribution in [0.5, 0.6) is 5.75 Å². The molecule has 144 valence electrons. The van der Waals surface area contributed by atoms with Gasteiger partial charge in [-0.05, 0) is 49.6 Å². The Hall–Kier alpha value is -3.15. The molecular weight excluding hydrogens is 356 g/mol. The third-order valence-electron chi connectivity index (χ3n) is 5.43. The van der Waals surface area contributed by atoms with Crippen LogP contribution in [-0.4, -0.2) is 27.2 Å². The lowest BCUT2D eigenvalue weighted by Gasteiger charge is -2.19. The van der Waals surface area contributed by atoms with Crippen molar-refractivity contribution in [1.82, 2.24) is 9.55 Å². The maximum Gasteiger partial charge on any atom is 0.315 e. The second kappa shape index (κ2) is 6.78. The van der Waals surface area contributed by atoms with Crippen molar-refractivity contribution in [3.8, 4) is 5.75 Å². The van der Waals surface area contributed by atoms with E-state index in [1.54, 1.807) is 16.7 Å². The van der Waals surface area contributed by atoms with Crippen LogP contribution in [0, 0.1) is 5.41 Å². The molecular formula is C22H22N2O4. The van der Waals surface area contributed by atoms with Gasteiger partial charge in [0.05, 0.1) is 18.3 Å². The second-order valence-corrected chi connectivity index (χ2v) is 7.10. The molecule has 0 amide bonds. The van der Waals surface area contributed by atoms with Crippen molar-refractivity contribution in [3.63, 3.8) is 0 Å². The molecule has 1 fully saturated rings. The number of ether oxygens (including phenoxy) is 1. The minimum Gasteiger partial charge on any atom is -0.494 e. The van der Waals surface area contributed by atoms with E-state index in [4.69, 9.17) is 4.74 Å². The Morgan fingerprint density at radius 3 is 2.93 bits per heavy atom. The van der Waals surface area contributed by atoms with E-state index in [1.807, 2.05) is 50.3 Å². The first-order valence-electron chi connectivity index (χ1n) is 9.49. The largest absolute Gasteiger partial charge is 0.494 e. The standard InChI is InChI=1S/C22H22N2O4/c1-3-16-17(9-8-14-6-5-7-15(12-14)28-4-2)23-19-10-11-22(21(26)27)13-18(22)24(19)20(16)25/h5-12,18H,3-4,13H2,1-2H3,(H,26,27)/b9-8+. The van der Waals surface area contributed by atoms with E-state index in [9.17, 15) is 14.7 Å². The Kier molecular flexibility index (Phi) is 4.41. The molecule has 0 bridgehead atoms. The molecule has 0 radical (unpaired) electrons. The van der Waals surface area contributed by atoms with Crippen LogP contribution in [0.2, 0.25) is 0 Å². The fourth-order valence-electron chi connectivity index (χ4n) is 3.83. The maximum atomic E-state index is 13.1. The van der Waals surface area contributed by atoms with Gasteiger partial charge in [0, 0.05) is 5.56 Å². The summed E-state index contributed by atoms with van der Waals surface area (Å²) in [7, 11) is 0. The molecule has 1 N–H and O–H groups in total. The van der Waals surface area contributed by atoms with Gasteiger partial charge in [0.2, 0.25) is 0 Å². The smallest absolute Gasteiger partial charge is 0.315 e. The number of nitrogens with zero attached hydrogens (tertiary/aromatic N) is 2. The van der Waals surface area contributed by atoms with E-state index < -0.39 is 11.4 Å². The summed E-state index contributed by atoms with van der Waals surface area (Å²) >= 11 is 0. The number of aliphatic carboxylic acids is 1. The van der Waals surface area contributed by atoms with Crippen molar-refractivity contribution < 1.29 is 14.6 Å². The fourth-order valence-corrected chi connectivity index (χ4v) is 3.83. The zero-order chi connectivity index (χ0) is 19.9. The number of carboxylic acid groups (broad SMARTS) is 1. The first kappa shape index (κ1) is 18.2. The van der Waals surface area contributed by atoms with E-state index in [0.717, 1.165) is 11.3 Å². The van der Waals surface area contributed by atoms with Crippen molar-refractivity contribution in [1.29, 1.82) is 0 Å². The Morgan fingerprint density at radius 1 is 1.39 bits per heavy atom. The highest BCUT2D eigenvalue weighted by molar-refractivity contribution is 5.84. The third kappa shape index (κ3) is 2.85. The number of rotatable bonds is 6. The highest BCUT2D eigenvalue weighted by Gasteiger charge is 2.62. The average Bonchev–Trinajstić information content (AvgIpc) is 3.43. The van der Waals surface area contributed by atoms with Crippen molar-refractivity contribution in [3.05, 3.63) is 63.3 Å². The maximum absolute atomic E-state index is 13.1. The minimum atomic E-state index is -0.944. The molecule has 1 aromatic heterocycles. The van der Waals surface area contributed by atoms with Crippen LogP contribution in [0.4, 0.5) is 0 Å². The van der Waals surface area contributed by atoms with E-state index in [1.165, 1.54) is 0 Å². The lowest BCUT2D eigenvalue weighted by atomic mass is 10.0. The van der Waals surface area contributed by atoms with Crippen LogP contribution in [0.15, 0.2) is 35.1 Å². The summed E-state index contributed by atoms with van der Waals surface area (Å²) in [6.07, 6.45) is 8.05. The Balaban J connectivity index is 1.72. The number of hydrogen-bond acceptors (Lipinski definition) is 4. The van der Waals surface area contributed by atoms with E-state index in [-0.39, 0.29) is 11.6 Å². The minimum absolute atomic E-state index is 0.146. The van der Waals surface area contributed by atoms with Crippen LogP contribution >= 0.6 is 0 Å². The zero-order valence-corrected chi connectivity index (χ0v) is 15.9. The van der Waals surface area contributed by atoms with E-state index in [0.29, 0.717) is 36.5 Å². The topological polar surface area (TPSA) is 81.4 Å². The van der Waals surface area contributed by atoms with Crippen molar-refractivity contribution in [2.24, 2.45) is 5.41 Å². The van der Waals surface area contributed by atoms with Gasteiger partial charge in [-0.15, -0.1) is 0 Å². The monoisotopic (exact) mass is 378 g/mol. The predicted molar refractivity (Wildman–Crippen MR) is 107 cm³/mol. The van der Waals surface area contributed by atoms with Crippen molar-refractivity contribution in [2.45, 2.75) is 32.7 Å². The number of carbonyl (C=O) groups is 1. The van der Waals surface area contributed by atoms with Crippen LogP contribution in [0.3, 0.4) is 0 Å². The lowest BCUT2D eigenvalue weighted by molar-refractivity contribution is -0.141. The van der Waals surface area contributed by atoms with E-state index in [2.05, 4.69) is 4.98 Å². The SMILES string of the molecule is CCOc1cccc(/C=C/c2nc3n(c(=O)c2CC)C2CC2(C(=O)O)C=C3)c1. The highest BCUT2D eigenvalue weighted by atomic mass is 16.5. The molecule has 2 aliphatic rings. The summed E-state index contributed by atoms with van der Waals surface area (Å²) in [5, 5.41) is 9.50. The molecule has 4 rings (SSSR count). The molecule has 28 heavy (non-hydrogen) atoms. The summed E-state index contributed by atoms with van der Waals surface area (Å²) < 4.78 is 7.08. The predicted octanol–water partition coefficient (Wildman–Crippen LogP) is 3.42. The van der Waals surface area contributed by atoms with Crippen LogP contribution < -0.4 is 10.3 Å². The fraction of sp³-hybridized carbons (Fsp3) is 0.318. The Labute approximate surface area is 162 Å². The molecule has 2 heterocycles. The number of aromatic nitrogens is 2. The third-order valence-corrected chi connectivity index (χ3v) is 5.43. The number of benzene rings is 1. The second-order valence-electron chi connectivity index (χ2n) is 7.10. The summed E-state index contributed by atoms with van der Waals surface area (Å²) in [5.41, 5.74) is 1.08. The van der Waals surface area contributed by atoms with Gasteiger partial charge < -0.3 is 9.84 Å². The van der Waals surface area contributed by atoms with Gasteiger partial charge in [0.25, 0.3) is 5.56 Å². The summed E-state index contributed by atoms with van der Waals surface area (Å²) in [5.74, 6) is 0.423. The Morgan fingerprint density at radius 2 is 2.21 bits per heavy atom. The summed E-state index contributed by atoms with van der Waals surface area (Å²) in [6, 6.07) is 7.37. The summed E-state index contributed by atoms with van der Waals surface area (Å²) in [4.78, 5) is 29.3. The number of hydrogen-bond donors (Lipinski definition) is 1. The van der Waals surface area contributed by atoms with Gasteiger partial charge >= 0.3 is 5.97 Å². The lowest BCUT2D eigenvalue weighted by Crippen LogP contribution is -2.32. The van der Waals surface area contributed by atoms with Crippen LogP contribution in [0.25, 0.3) is 18.2 Å². The number of fused-ring (bicyclic) bond motifs is 3. The molecule has 1 aliphatic heterocycles. The highest BCUT2D eigenvalue weighted by Crippen LogP contribution is 2.59. The van der Waals surface area contributed by atoms with Crippen molar-refractivity contribution in [2.75, 3.05) is 6.61 Å². The molecule has 1 aromatic carbocycles. The molecule has 6 nitrogen and oxygen atoms in total. The molecule has 1 saturated carbocycles. The quantitative estimate of drug-likeness (QED) is 0.833. The molecule has 0 spiro atoms. The first-order chi connectivity index (χ1) is 13.5. The van der Waals surface area contributed by atoms with Gasteiger partial charge in [0.15, 0.2) is 0 Å². The van der Waals surface area contributed by atoms with Gasteiger partial charge in [-0.1, -0.05) is 31.2 Å². The van der Waals surface area contributed by atoms with E-state index >= 15 is 0 Å². The van der Waals surface area contributed by atoms with Crippen LogP contribution in [-0.2, 0) is 11.2 Å². The van der Waals surface area contributed by atoms with Crippen LogP contribution in [0.1, 0.15) is 49.0 Å². The average molecular weight is 378 g/mol. The molecule has 2 aromatic rings. The molecule has 6 heteroatoms. The molecule has 2 atom stereocenters. The molecule has 0 saturated heterocycles. The van der Waals surface area contributed by atoms with Gasteiger partial charge in [-0.2, -0.15) is 0 Å². The molecule has 2 unspecified atom stereocenters. The molecule has 1 aliphatic carbocycles. The zero-order valence-electron chi connectivity index (χ0n) is 15.9. The first-order valence-corrected chi connectivity index (χ1v) is 9.49. The van der Waals surface area contributed by atoms with Gasteiger partial charge in [-0.3, -0.25) is 14.2 Å².